The fourth-order valence-corrected chi connectivity index (χ4v) is 1.76. The molecule has 1 N–H and O–H groups in total. The number of carbonyl (C=O) groups is 2. The first-order chi connectivity index (χ1) is 7.04. The van der Waals surface area contributed by atoms with Crippen molar-refractivity contribution in [2.45, 2.75) is 6.92 Å². The molecule has 0 radical (unpaired) electrons. The van der Waals surface area contributed by atoms with Gasteiger partial charge in [-0.2, -0.15) is 0 Å². The molecule has 0 spiro atoms. The molecule has 0 aromatic heterocycles. The molecule has 1 aliphatic heterocycles. The maximum atomic E-state index is 11.6. The quantitative estimate of drug-likeness (QED) is 0.618. The van der Waals surface area contributed by atoms with E-state index in [0.29, 0.717) is 25.6 Å². The van der Waals surface area contributed by atoms with E-state index in [-0.39, 0.29) is 11.8 Å². The highest BCUT2D eigenvalue weighted by Gasteiger charge is 2.29. The Morgan fingerprint density at radius 3 is 2.33 bits per heavy atom. The van der Waals surface area contributed by atoms with Crippen molar-refractivity contribution < 1.29 is 9.59 Å². The molecule has 1 unspecified atom stereocenters. The van der Waals surface area contributed by atoms with Crippen LogP contribution in [0.5, 0.6) is 0 Å². The lowest BCUT2D eigenvalue weighted by Gasteiger charge is -2.31. The summed E-state index contributed by atoms with van der Waals surface area (Å²) in [4.78, 5) is 26.3. The molecule has 1 aliphatic rings. The van der Waals surface area contributed by atoms with Crippen LogP contribution in [0.1, 0.15) is 6.92 Å². The van der Waals surface area contributed by atoms with Crippen molar-refractivity contribution in [3.63, 3.8) is 0 Å². The Morgan fingerprint density at radius 1 is 1.33 bits per heavy atom. The van der Waals surface area contributed by atoms with Crippen LogP contribution in [-0.4, -0.2) is 61.9 Å². The Hall–Kier alpha value is -0.940. The van der Waals surface area contributed by atoms with Crippen molar-refractivity contribution in [3.8, 4) is 0 Å². The van der Waals surface area contributed by atoms with E-state index < -0.39 is 0 Å². The Morgan fingerprint density at radius 2 is 1.87 bits per heavy atom. The molecule has 5 heteroatoms. The molecule has 0 aromatic rings. The Labute approximate surface area is 90.4 Å². The Bertz CT molecular complexity index is 237. The summed E-state index contributed by atoms with van der Waals surface area (Å²) in [5.41, 5.74) is 0. The average molecular weight is 213 g/mol. The highest BCUT2D eigenvalue weighted by atomic mass is 16.2. The molecule has 0 bridgehead atoms. The van der Waals surface area contributed by atoms with Gasteiger partial charge in [0.1, 0.15) is 0 Å². The van der Waals surface area contributed by atoms with Crippen molar-refractivity contribution in [3.05, 3.63) is 0 Å². The van der Waals surface area contributed by atoms with Crippen LogP contribution in [0.4, 0.5) is 0 Å². The number of imide groups is 1. The first kappa shape index (κ1) is 12.1. The molecule has 15 heavy (non-hydrogen) atoms. The number of piperazine rings is 1. The molecule has 1 rings (SSSR count). The van der Waals surface area contributed by atoms with E-state index in [0.717, 1.165) is 6.54 Å². The molecular weight excluding hydrogens is 194 g/mol. The van der Waals surface area contributed by atoms with Gasteiger partial charge in [-0.1, -0.05) is 6.92 Å². The molecule has 2 amide bonds. The summed E-state index contributed by atoms with van der Waals surface area (Å²) in [7, 11) is 3.65. The molecule has 1 atom stereocenters. The monoisotopic (exact) mass is 213 g/mol. The van der Waals surface area contributed by atoms with Crippen LogP contribution in [0, 0.1) is 5.92 Å². The molecule has 0 aromatic carbocycles. The van der Waals surface area contributed by atoms with Gasteiger partial charge in [0, 0.05) is 6.54 Å². The maximum Gasteiger partial charge on any atom is 0.243 e. The van der Waals surface area contributed by atoms with Gasteiger partial charge < -0.3 is 5.32 Å². The lowest BCUT2D eigenvalue weighted by Crippen LogP contribution is -2.54. The average Bonchev–Trinajstić information content (AvgIpc) is 2.11. The highest BCUT2D eigenvalue weighted by molar-refractivity contribution is 5.99. The van der Waals surface area contributed by atoms with Gasteiger partial charge in [0.05, 0.1) is 13.1 Å². The van der Waals surface area contributed by atoms with Crippen LogP contribution in [-0.2, 0) is 9.59 Å². The van der Waals surface area contributed by atoms with Crippen molar-refractivity contribution in [1.82, 2.24) is 15.1 Å². The molecule has 1 fully saturated rings. The number of nitrogens with zero attached hydrogens (tertiary/aromatic N) is 2. The van der Waals surface area contributed by atoms with E-state index >= 15 is 0 Å². The number of hydrogen-bond donors (Lipinski definition) is 1. The zero-order chi connectivity index (χ0) is 11.4. The second-order valence-electron chi connectivity index (χ2n) is 4.23. The third-order valence-electron chi connectivity index (χ3n) is 2.46. The smallest absolute Gasteiger partial charge is 0.243 e. The van der Waals surface area contributed by atoms with E-state index in [9.17, 15) is 9.59 Å². The Kier molecular flexibility index (Phi) is 4.23. The van der Waals surface area contributed by atoms with Crippen LogP contribution < -0.4 is 5.32 Å². The number of likely N-dealkylation sites (N-methyl/N-ethyl adjacent to an activating group) is 1. The predicted octanol–water partition coefficient (Wildman–Crippen LogP) is -0.857. The fourth-order valence-electron chi connectivity index (χ4n) is 1.76. The molecule has 1 heterocycles. The summed E-state index contributed by atoms with van der Waals surface area (Å²) < 4.78 is 0. The maximum absolute atomic E-state index is 11.6. The van der Waals surface area contributed by atoms with E-state index in [1.54, 1.807) is 11.9 Å². The fraction of sp³-hybridized carbons (Fsp3) is 0.800. The van der Waals surface area contributed by atoms with E-state index in [4.69, 9.17) is 0 Å². The lowest BCUT2D eigenvalue weighted by atomic mass is 10.1. The summed E-state index contributed by atoms with van der Waals surface area (Å²) in [5, 5.41) is 3.04. The predicted molar refractivity (Wildman–Crippen MR) is 57.3 cm³/mol. The van der Waals surface area contributed by atoms with Crippen LogP contribution in [0.3, 0.4) is 0 Å². The number of amides is 2. The van der Waals surface area contributed by atoms with Gasteiger partial charge in [-0.05, 0) is 26.6 Å². The number of hydrogen-bond acceptors (Lipinski definition) is 4. The second-order valence-corrected chi connectivity index (χ2v) is 4.23. The molecule has 86 valence electrons. The molecular formula is C10H19N3O2. The number of carbonyl (C=O) groups excluding carboxylic acids is 2. The highest BCUT2D eigenvalue weighted by Crippen LogP contribution is 2.06. The number of nitrogens with one attached hydrogen (secondary N) is 1. The van der Waals surface area contributed by atoms with Crippen LogP contribution in [0.25, 0.3) is 0 Å². The minimum Gasteiger partial charge on any atom is -0.319 e. The summed E-state index contributed by atoms with van der Waals surface area (Å²) in [5.74, 6) is 0.125. The van der Waals surface area contributed by atoms with Crippen molar-refractivity contribution in [1.29, 1.82) is 0 Å². The third-order valence-corrected chi connectivity index (χ3v) is 2.46. The van der Waals surface area contributed by atoms with E-state index in [1.807, 2.05) is 14.0 Å². The lowest BCUT2D eigenvalue weighted by molar-refractivity contribution is -0.151. The van der Waals surface area contributed by atoms with Crippen molar-refractivity contribution in [2.24, 2.45) is 5.92 Å². The van der Waals surface area contributed by atoms with Crippen molar-refractivity contribution >= 4 is 11.8 Å². The molecule has 0 aliphatic carbocycles. The first-order valence-corrected chi connectivity index (χ1v) is 5.21. The van der Waals surface area contributed by atoms with Gasteiger partial charge in [-0.25, -0.2) is 0 Å². The normalized spacial score (nSPS) is 20.9. The van der Waals surface area contributed by atoms with Gasteiger partial charge >= 0.3 is 0 Å². The summed E-state index contributed by atoms with van der Waals surface area (Å²) in [6.45, 7) is 4.05. The minimum absolute atomic E-state index is 0.0864. The van der Waals surface area contributed by atoms with Gasteiger partial charge in [-0.3, -0.25) is 19.4 Å². The Balaban J connectivity index is 2.53. The van der Waals surface area contributed by atoms with Gasteiger partial charge in [0.2, 0.25) is 11.8 Å². The van der Waals surface area contributed by atoms with Gasteiger partial charge in [-0.15, -0.1) is 0 Å². The zero-order valence-electron chi connectivity index (χ0n) is 9.62. The number of rotatable bonds is 4. The summed E-state index contributed by atoms with van der Waals surface area (Å²) >= 11 is 0. The largest absolute Gasteiger partial charge is 0.319 e. The van der Waals surface area contributed by atoms with Crippen LogP contribution in [0.15, 0.2) is 0 Å². The van der Waals surface area contributed by atoms with E-state index in [2.05, 4.69) is 5.32 Å². The standard InChI is InChI=1S/C10H19N3O2/c1-8(4-11-2)5-13-9(14)6-12(3)7-10(13)15/h8,11H,4-7H2,1-3H3. The van der Waals surface area contributed by atoms with Gasteiger partial charge in [0.25, 0.3) is 0 Å². The summed E-state index contributed by atoms with van der Waals surface area (Å²) in [6.07, 6.45) is 0. The SMILES string of the molecule is CNCC(C)CN1C(=O)CN(C)CC1=O. The van der Waals surface area contributed by atoms with Crippen molar-refractivity contribution in [2.75, 3.05) is 40.3 Å². The second kappa shape index (κ2) is 5.23. The van der Waals surface area contributed by atoms with Gasteiger partial charge in [0.15, 0.2) is 0 Å². The van der Waals surface area contributed by atoms with Crippen LogP contribution in [0.2, 0.25) is 0 Å². The minimum atomic E-state index is -0.0864. The molecule has 1 saturated heterocycles. The molecule has 5 nitrogen and oxygen atoms in total. The van der Waals surface area contributed by atoms with E-state index in [1.165, 1.54) is 4.90 Å². The molecule has 0 saturated carbocycles. The third kappa shape index (κ3) is 3.28. The van der Waals surface area contributed by atoms with Crippen LogP contribution >= 0.6 is 0 Å². The zero-order valence-corrected chi connectivity index (χ0v) is 9.62. The summed E-state index contributed by atoms with van der Waals surface area (Å²) in [6, 6.07) is 0. The first-order valence-electron chi connectivity index (χ1n) is 5.21. The topological polar surface area (TPSA) is 52.7 Å².